The Morgan fingerprint density at radius 3 is 2.55 bits per heavy atom. The standard InChI is InChI=1S/C17H28N4O/c1-16(2,3)14-11-13(18-19-14)12-20(4)15(22)17-7-5-9-21(17)10-6-8-17/h11H,5-10,12H2,1-4H3,(H,18,19). The highest BCUT2D eigenvalue weighted by atomic mass is 16.2. The molecule has 0 atom stereocenters. The average Bonchev–Trinajstić information content (AvgIpc) is 3.10. The molecular formula is C17H28N4O. The van der Waals surface area contributed by atoms with Gasteiger partial charge in [-0.25, -0.2) is 0 Å². The van der Waals surface area contributed by atoms with Crippen LogP contribution >= 0.6 is 0 Å². The van der Waals surface area contributed by atoms with E-state index in [0.717, 1.165) is 50.2 Å². The summed E-state index contributed by atoms with van der Waals surface area (Å²) in [6.07, 6.45) is 4.34. The molecule has 2 saturated heterocycles. The SMILES string of the molecule is CN(Cc1cc(C(C)(C)C)n[nH]1)C(=O)C12CCCN1CCC2. The summed E-state index contributed by atoms with van der Waals surface area (Å²) in [5.41, 5.74) is 1.88. The Hall–Kier alpha value is -1.36. The molecule has 3 rings (SSSR count). The minimum Gasteiger partial charge on any atom is -0.338 e. The maximum Gasteiger partial charge on any atom is 0.243 e. The van der Waals surface area contributed by atoms with Gasteiger partial charge in [-0.15, -0.1) is 0 Å². The number of aromatic amines is 1. The van der Waals surface area contributed by atoms with Gasteiger partial charge in [0.05, 0.1) is 17.9 Å². The maximum absolute atomic E-state index is 13.0. The molecule has 0 aromatic carbocycles. The maximum atomic E-state index is 13.0. The molecule has 0 saturated carbocycles. The molecule has 1 aromatic rings. The zero-order chi connectivity index (χ0) is 16.0. The average molecular weight is 304 g/mol. The van der Waals surface area contributed by atoms with E-state index < -0.39 is 0 Å². The second kappa shape index (κ2) is 5.37. The van der Waals surface area contributed by atoms with Gasteiger partial charge < -0.3 is 4.90 Å². The number of nitrogens with one attached hydrogen (secondary N) is 1. The van der Waals surface area contributed by atoms with Crippen molar-refractivity contribution in [2.75, 3.05) is 20.1 Å². The molecule has 22 heavy (non-hydrogen) atoms. The predicted octanol–water partition coefficient (Wildman–Crippen LogP) is 2.29. The van der Waals surface area contributed by atoms with E-state index in [1.807, 2.05) is 11.9 Å². The molecular weight excluding hydrogens is 276 g/mol. The molecule has 1 amide bonds. The van der Waals surface area contributed by atoms with Crippen molar-refractivity contribution in [1.29, 1.82) is 0 Å². The summed E-state index contributed by atoms with van der Waals surface area (Å²) >= 11 is 0. The van der Waals surface area contributed by atoms with Gasteiger partial charge in [-0.05, 0) is 44.8 Å². The quantitative estimate of drug-likeness (QED) is 0.932. The Balaban J connectivity index is 1.70. The number of H-pyrrole nitrogens is 1. The topological polar surface area (TPSA) is 52.2 Å². The molecule has 0 radical (unpaired) electrons. The molecule has 2 aliphatic rings. The number of carbonyl (C=O) groups excluding carboxylic acids is 1. The van der Waals surface area contributed by atoms with E-state index in [4.69, 9.17) is 0 Å². The number of fused-ring (bicyclic) bond motifs is 1. The lowest BCUT2D eigenvalue weighted by atomic mass is 9.91. The Morgan fingerprint density at radius 2 is 2.00 bits per heavy atom. The van der Waals surface area contributed by atoms with Crippen molar-refractivity contribution < 1.29 is 4.79 Å². The monoisotopic (exact) mass is 304 g/mol. The fraction of sp³-hybridized carbons (Fsp3) is 0.765. The molecule has 5 nitrogen and oxygen atoms in total. The van der Waals surface area contributed by atoms with Crippen LogP contribution in [0.25, 0.3) is 0 Å². The van der Waals surface area contributed by atoms with Crippen LogP contribution in [0.15, 0.2) is 6.07 Å². The highest BCUT2D eigenvalue weighted by Crippen LogP contribution is 2.40. The van der Waals surface area contributed by atoms with Gasteiger partial charge in [0.2, 0.25) is 5.91 Å². The summed E-state index contributed by atoms with van der Waals surface area (Å²) in [5.74, 6) is 0.286. The first-order chi connectivity index (χ1) is 10.3. The number of nitrogens with zero attached hydrogens (tertiary/aromatic N) is 3. The molecule has 1 N–H and O–H groups in total. The molecule has 122 valence electrons. The van der Waals surface area contributed by atoms with Crippen LogP contribution in [-0.4, -0.2) is 51.6 Å². The molecule has 0 spiro atoms. The first-order valence-corrected chi connectivity index (χ1v) is 8.38. The van der Waals surface area contributed by atoms with Crippen LogP contribution in [0.1, 0.15) is 57.8 Å². The molecule has 0 aliphatic carbocycles. The van der Waals surface area contributed by atoms with Gasteiger partial charge in [-0.1, -0.05) is 20.8 Å². The third-order valence-corrected chi connectivity index (χ3v) is 5.19. The minimum atomic E-state index is -0.207. The van der Waals surface area contributed by atoms with Crippen molar-refractivity contribution in [3.8, 4) is 0 Å². The van der Waals surface area contributed by atoms with Crippen LogP contribution in [0.5, 0.6) is 0 Å². The lowest BCUT2D eigenvalue weighted by Gasteiger charge is -2.34. The highest BCUT2D eigenvalue weighted by Gasteiger charge is 2.51. The van der Waals surface area contributed by atoms with E-state index in [-0.39, 0.29) is 16.9 Å². The summed E-state index contributed by atoms with van der Waals surface area (Å²) in [7, 11) is 1.92. The summed E-state index contributed by atoms with van der Waals surface area (Å²) in [5, 5.41) is 7.48. The van der Waals surface area contributed by atoms with E-state index >= 15 is 0 Å². The Morgan fingerprint density at radius 1 is 1.36 bits per heavy atom. The Bertz CT molecular complexity index is 547. The molecule has 3 heterocycles. The van der Waals surface area contributed by atoms with Gasteiger partial charge in [-0.3, -0.25) is 14.8 Å². The number of rotatable bonds is 3. The zero-order valence-corrected chi connectivity index (χ0v) is 14.3. The van der Waals surface area contributed by atoms with Crippen LogP contribution in [0.2, 0.25) is 0 Å². The van der Waals surface area contributed by atoms with E-state index in [1.54, 1.807) is 0 Å². The number of likely N-dealkylation sites (N-methyl/N-ethyl adjacent to an activating group) is 1. The smallest absolute Gasteiger partial charge is 0.243 e. The zero-order valence-electron chi connectivity index (χ0n) is 14.3. The highest BCUT2D eigenvalue weighted by molar-refractivity contribution is 5.87. The van der Waals surface area contributed by atoms with Crippen molar-refractivity contribution in [3.63, 3.8) is 0 Å². The van der Waals surface area contributed by atoms with Crippen molar-refractivity contribution in [3.05, 3.63) is 17.5 Å². The predicted molar refractivity (Wildman–Crippen MR) is 86.5 cm³/mol. The van der Waals surface area contributed by atoms with Gasteiger partial charge in [0.25, 0.3) is 0 Å². The Labute approximate surface area is 133 Å². The Kier molecular flexibility index (Phi) is 3.79. The summed E-state index contributed by atoms with van der Waals surface area (Å²) in [6.45, 7) is 9.22. The van der Waals surface area contributed by atoms with E-state index in [2.05, 4.69) is 41.9 Å². The van der Waals surface area contributed by atoms with Gasteiger partial charge in [0, 0.05) is 12.5 Å². The number of hydrogen-bond donors (Lipinski definition) is 1. The second-order valence-corrected chi connectivity index (χ2v) is 7.92. The fourth-order valence-electron chi connectivity index (χ4n) is 3.96. The summed E-state index contributed by atoms with van der Waals surface area (Å²) < 4.78 is 0. The normalized spacial score (nSPS) is 21.1. The van der Waals surface area contributed by atoms with Crippen molar-refractivity contribution >= 4 is 5.91 Å². The molecule has 1 aromatic heterocycles. The van der Waals surface area contributed by atoms with Gasteiger partial charge in [-0.2, -0.15) is 5.10 Å². The van der Waals surface area contributed by atoms with Crippen molar-refractivity contribution in [2.24, 2.45) is 0 Å². The lowest BCUT2D eigenvalue weighted by Crippen LogP contribution is -2.52. The molecule has 2 fully saturated rings. The first-order valence-electron chi connectivity index (χ1n) is 8.38. The minimum absolute atomic E-state index is 0.0315. The lowest BCUT2D eigenvalue weighted by molar-refractivity contribution is -0.140. The summed E-state index contributed by atoms with van der Waals surface area (Å²) in [4.78, 5) is 17.3. The number of aromatic nitrogens is 2. The summed E-state index contributed by atoms with van der Waals surface area (Å²) in [6, 6.07) is 2.09. The fourth-order valence-corrected chi connectivity index (χ4v) is 3.96. The molecule has 0 unspecified atom stereocenters. The van der Waals surface area contributed by atoms with E-state index in [9.17, 15) is 4.79 Å². The molecule has 2 aliphatic heterocycles. The second-order valence-electron chi connectivity index (χ2n) is 7.92. The van der Waals surface area contributed by atoms with Crippen LogP contribution in [0, 0.1) is 0 Å². The number of hydrogen-bond acceptors (Lipinski definition) is 3. The largest absolute Gasteiger partial charge is 0.338 e. The molecule has 5 heteroatoms. The number of carbonyl (C=O) groups is 1. The van der Waals surface area contributed by atoms with Crippen molar-refractivity contribution in [1.82, 2.24) is 20.0 Å². The van der Waals surface area contributed by atoms with Gasteiger partial charge >= 0.3 is 0 Å². The van der Waals surface area contributed by atoms with Gasteiger partial charge in [0.1, 0.15) is 5.54 Å². The van der Waals surface area contributed by atoms with Gasteiger partial charge in [0.15, 0.2) is 0 Å². The van der Waals surface area contributed by atoms with Crippen LogP contribution < -0.4 is 0 Å². The third kappa shape index (κ3) is 2.56. The van der Waals surface area contributed by atoms with E-state index in [0.29, 0.717) is 6.54 Å². The van der Waals surface area contributed by atoms with Crippen LogP contribution in [-0.2, 0) is 16.8 Å². The third-order valence-electron chi connectivity index (χ3n) is 5.19. The molecule has 0 bridgehead atoms. The van der Waals surface area contributed by atoms with Crippen LogP contribution in [0.3, 0.4) is 0 Å². The van der Waals surface area contributed by atoms with Crippen molar-refractivity contribution in [2.45, 2.75) is 64.0 Å². The van der Waals surface area contributed by atoms with Crippen LogP contribution in [0.4, 0.5) is 0 Å². The number of amides is 1. The first kappa shape index (κ1) is 15.5. The van der Waals surface area contributed by atoms with E-state index in [1.165, 1.54) is 0 Å².